The summed E-state index contributed by atoms with van der Waals surface area (Å²) < 4.78 is 2.48. The summed E-state index contributed by atoms with van der Waals surface area (Å²) in [6, 6.07) is 11.0. The third kappa shape index (κ3) is 4.31. The second kappa shape index (κ2) is 9.13. The Morgan fingerprint density at radius 1 is 0.906 bits per heavy atom. The molecule has 1 aromatic carbocycles. The van der Waals surface area contributed by atoms with Gasteiger partial charge in [0, 0.05) is 63.2 Å². The standard InChI is InChI=1S/C28H44N4/c1-19(2)23-9-10-26-27(16-23)32(21(5)6)24(17-29(26)8)15-22(7)31-14-13-30-12-11-25(20(3)4)28(30)18-31/h9-12,16,19-22,24H,13-15,17-18H2,1-8H3. The molecule has 1 aromatic heterocycles. The maximum Gasteiger partial charge on any atom is 0.0612 e. The predicted molar refractivity (Wildman–Crippen MR) is 138 cm³/mol. The van der Waals surface area contributed by atoms with Gasteiger partial charge in [-0.05, 0) is 68.4 Å². The molecule has 2 aliphatic heterocycles. The summed E-state index contributed by atoms with van der Waals surface area (Å²) >= 11 is 0. The van der Waals surface area contributed by atoms with Gasteiger partial charge in [-0.1, -0.05) is 33.8 Å². The van der Waals surface area contributed by atoms with Gasteiger partial charge < -0.3 is 14.4 Å². The summed E-state index contributed by atoms with van der Waals surface area (Å²) in [5, 5.41) is 0. The van der Waals surface area contributed by atoms with Gasteiger partial charge in [-0.3, -0.25) is 4.90 Å². The van der Waals surface area contributed by atoms with Crippen molar-refractivity contribution in [1.82, 2.24) is 9.47 Å². The average molecular weight is 437 g/mol. The third-order valence-corrected chi connectivity index (χ3v) is 7.74. The second-order valence-electron chi connectivity index (χ2n) is 11.1. The molecule has 0 spiro atoms. The number of nitrogens with zero attached hydrogens (tertiary/aromatic N) is 4. The Morgan fingerprint density at radius 2 is 1.66 bits per heavy atom. The zero-order valence-corrected chi connectivity index (χ0v) is 21.6. The molecule has 4 heteroatoms. The molecular formula is C28H44N4. The van der Waals surface area contributed by atoms with Crippen LogP contribution in [0.3, 0.4) is 0 Å². The zero-order chi connectivity index (χ0) is 23.2. The van der Waals surface area contributed by atoms with Gasteiger partial charge in [-0.25, -0.2) is 0 Å². The van der Waals surface area contributed by atoms with E-state index in [0.29, 0.717) is 30.0 Å². The number of fused-ring (bicyclic) bond motifs is 2. The van der Waals surface area contributed by atoms with Crippen LogP contribution in [0.2, 0.25) is 0 Å². The molecule has 0 radical (unpaired) electrons. The van der Waals surface area contributed by atoms with E-state index in [2.05, 4.69) is 105 Å². The van der Waals surface area contributed by atoms with E-state index in [1.807, 2.05) is 0 Å². The van der Waals surface area contributed by atoms with Crippen LogP contribution in [0.5, 0.6) is 0 Å². The highest BCUT2D eigenvalue weighted by Gasteiger charge is 2.34. The van der Waals surface area contributed by atoms with E-state index in [-0.39, 0.29) is 0 Å². The van der Waals surface area contributed by atoms with Crippen molar-refractivity contribution in [1.29, 1.82) is 0 Å². The molecule has 2 aliphatic rings. The van der Waals surface area contributed by atoms with E-state index in [0.717, 1.165) is 26.2 Å². The fourth-order valence-electron chi connectivity index (χ4n) is 5.88. The molecule has 2 unspecified atom stereocenters. The average Bonchev–Trinajstić information content (AvgIpc) is 3.16. The van der Waals surface area contributed by atoms with E-state index in [9.17, 15) is 0 Å². The van der Waals surface area contributed by atoms with Gasteiger partial charge in [0.15, 0.2) is 0 Å². The van der Waals surface area contributed by atoms with Crippen LogP contribution in [-0.2, 0) is 13.1 Å². The number of anilines is 2. The minimum atomic E-state index is 0.494. The Kier molecular flexibility index (Phi) is 6.63. The summed E-state index contributed by atoms with van der Waals surface area (Å²) in [5.41, 5.74) is 7.30. The van der Waals surface area contributed by atoms with E-state index in [4.69, 9.17) is 0 Å². The topological polar surface area (TPSA) is 14.7 Å². The quantitative estimate of drug-likeness (QED) is 0.547. The molecule has 0 saturated carbocycles. The van der Waals surface area contributed by atoms with Crippen molar-refractivity contribution in [3.05, 3.63) is 47.3 Å². The van der Waals surface area contributed by atoms with E-state index in [1.54, 1.807) is 0 Å². The molecule has 2 aromatic rings. The lowest BCUT2D eigenvalue weighted by molar-refractivity contribution is 0.150. The Hall–Kier alpha value is -1.94. The van der Waals surface area contributed by atoms with Crippen molar-refractivity contribution in [2.45, 2.75) is 97.9 Å². The molecule has 0 aliphatic carbocycles. The SMILES string of the molecule is CC(C)c1ccc2c(c1)N(C(C)C)C(CC(C)N1CCn3ccc(C(C)C)c3C1)CN2C. The third-order valence-electron chi connectivity index (χ3n) is 7.74. The Morgan fingerprint density at radius 3 is 2.31 bits per heavy atom. The molecule has 2 atom stereocenters. The summed E-state index contributed by atoms with van der Waals surface area (Å²) in [6.45, 7) is 20.8. The number of hydrogen-bond donors (Lipinski definition) is 0. The summed E-state index contributed by atoms with van der Waals surface area (Å²) in [4.78, 5) is 7.91. The molecule has 0 amide bonds. The van der Waals surface area contributed by atoms with E-state index >= 15 is 0 Å². The highest BCUT2D eigenvalue weighted by Crippen LogP contribution is 2.39. The van der Waals surface area contributed by atoms with Crippen molar-refractivity contribution >= 4 is 11.4 Å². The highest BCUT2D eigenvalue weighted by atomic mass is 15.3. The fraction of sp³-hybridized carbons (Fsp3) is 0.643. The van der Waals surface area contributed by atoms with Gasteiger partial charge in [0.1, 0.15) is 0 Å². The first-order valence-corrected chi connectivity index (χ1v) is 12.7. The van der Waals surface area contributed by atoms with Crippen LogP contribution < -0.4 is 9.80 Å². The molecule has 0 fully saturated rings. The summed E-state index contributed by atoms with van der Waals surface area (Å²) in [5.74, 6) is 1.15. The number of benzene rings is 1. The van der Waals surface area contributed by atoms with Gasteiger partial charge in [-0.2, -0.15) is 0 Å². The monoisotopic (exact) mass is 436 g/mol. The molecule has 3 heterocycles. The maximum absolute atomic E-state index is 2.72. The number of rotatable bonds is 6. The summed E-state index contributed by atoms with van der Waals surface area (Å²) in [6.07, 6.45) is 3.50. The van der Waals surface area contributed by atoms with Crippen molar-refractivity contribution in [2.75, 3.05) is 29.9 Å². The largest absolute Gasteiger partial charge is 0.371 e. The number of hydrogen-bond acceptors (Lipinski definition) is 3. The number of likely N-dealkylation sites (N-methyl/N-ethyl adjacent to an activating group) is 1. The molecule has 176 valence electrons. The Bertz CT molecular complexity index is 926. The van der Waals surface area contributed by atoms with Crippen molar-refractivity contribution in [2.24, 2.45) is 0 Å². The molecular weight excluding hydrogens is 392 g/mol. The Labute approximate surface area is 196 Å². The molecule has 4 rings (SSSR count). The normalized spacial score (nSPS) is 20.3. The summed E-state index contributed by atoms with van der Waals surface area (Å²) in [7, 11) is 2.27. The molecule has 4 nitrogen and oxygen atoms in total. The first kappa shape index (κ1) is 23.2. The zero-order valence-electron chi connectivity index (χ0n) is 21.6. The van der Waals surface area contributed by atoms with Crippen LogP contribution in [-0.4, -0.2) is 47.7 Å². The Balaban J connectivity index is 1.55. The van der Waals surface area contributed by atoms with Crippen molar-refractivity contribution in [3.63, 3.8) is 0 Å². The van der Waals surface area contributed by atoms with Crippen LogP contribution in [0.15, 0.2) is 30.5 Å². The lowest BCUT2D eigenvalue weighted by Crippen LogP contribution is -2.53. The second-order valence-corrected chi connectivity index (χ2v) is 11.1. The van der Waals surface area contributed by atoms with Crippen molar-refractivity contribution in [3.8, 4) is 0 Å². The lowest BCUT2D eigenvalue weighted by atomic mass is 9.95. The molecule has 32 heavy (non-hydrogen) atoms. The van der Waals surface area contributed by atoms with Crippen LogP contribution in [0, 0.1) is 0 Å². The molecule has 0 saturated heterocycles. The van der Waals surface area contributed by atoms with E-state index < -0.39 is 0 Å². The lowest BCUT2D eigenvalue weighted by Gasteiger charge is -2.48. The molecule has 0 bridgehead atoms. The van der Waals surface area contributed by atoms with Gasteiger partial charge in [0.05, 0.1) is 11.4 Å². The maximum atomic E-state index is 2.72. The minimum Gasteiger partial charge on any atom is -0.371 e. The van der Waals surface area contributed by atoms with Gasteiger partial charge in [-0.15, -0.1) is 0 Å². The van der Waals surface area contributed by atoms with Gasteiger partial charge in [0.25, 0.3) is 0 Å². The van der Waals surface area contributed by atoms with Gasteiger partial charge in [0.2, 0.25) is 0 Å². The van der Waals surface area contributed by atoms with Crippen LogP contribution in [0.25, 0.3) is 0 Å². The first-order chi connectivity index (χ1) is 15.2. The van der Waals surface area contributed by atoms with Crippen LogP contribution in [0.1, 0.15) is 83.5 Å². The first-order valence-electron chi connectivity index (χ1n) is 12.7. The minimum absolute atomic E-state index is 0.494. The molecule has 0 N–H and O–H groups in total. The highest BCUT2D eigenvalue weighted by molar-refractivity contribution is 5.75. The van der Waals surface area contributed by atoms with Crippen molar-refractivity contribution < 1.29 is 0 Å². The van der Waals surface area contributed by atoms with Crippen LogP contribution in [0.4, 0.5) is 11.4 Å². The predicted octanol–water partition coefficient (Wildman–Crippen LogP) is 6.06. The van der Waals surface area contributed by atoms with Gasteiger partial charge >= 0.3 is 0 Å². The van der Waals surface area contributed by atoms with E-state index in [1.165, 1.54) is 34.6 Å². The van der Waals surface area contributed by atoms with Crippen LogP contribution >= 0.6 is 0 Å². The fourth-order valence-corrected chi connectivity index (χ4v) is 5.88. The smallest absolute Gasteiger partial charge is 0.0612 e. The number of aromatic nitrogens is 1.